The summed E-state index contributed by atoms with van der Waals surface area (Å²) in [7, 11) is 0. The van der Waals surface area contributed by atoms with Gasteiger partial charge in [0.1, 0.15) is 5.82 Å². The number of aliphatic hydroxyl groups is 2. The third-order valence-corrected chi connectivity index (χ3v) is 14.2. The quantitative estimate of drug-likeness (QED) is 0.349. The van der Waals surface area contributed by atoms with Crippen molar-refractivity contribution in [3.8, 4) is 0 Å². The van der Waals surface area contributed by atoms with E-state index in [1.807, 2.05) is 0 Å². The lowest BCUT2D eigenvalue weighted by atomic mass is 9.32. The second-order valence-electron chi connectivity index (χ2n) is 15.5. The third-order valence-electron chi connectivity index (χ3n) is 13.8. The second kappa shape index (κ2) is 9.61. The Kier molecular flexibility index (Phi) is 6.36. The average molecular weight is 616 g/mol. The van der Waals surface area contributed by atoms with E-state index in [-0.39, 0.29) is 45.5 Å². The van der Waals surface area contributed by atoms with Crippen LogP contribution in [0, 0.1) is 39.3 Å². The Morgan fingerprint density at radius 2 is 1.64 bits per heavy atom. The van der Waals surface area contributed by atoms with Crippen LogP contribution in [0.25, 0.3) is 0 Å². The minimum atomic E-state index is -0.883. The number of ketones is 1. The van der Waals surface area contributed by atoms with Gasteiger partial charge < -0.3 is 10.2 Å². The molecule has 2 aromatic carbocycles. The molecule has 1 heterocycles. The van der Waals surface area contributed by atoms with Gasteiger partial charge in [-0.2, -0.15) is 0 Å². The summed E-state index contributed by atoms with van der Waals surface area (Å²) in [5.41, 5.74) is 1.37. The van der Waals surface area contributed by atoms with Crippen LogP contribution >= 0.6 is 11.6 Å². The minimum Gasteiger partial charge on any atom is -0.393 e. The Labute approximate surface area is 265 Å². The number of fused-ring (bicyclic) bond motifs is 2. The molecule has 44 heavy (non-hydrogen) atoms. The van der Waals surface area contributed by atoms with Crippen molar-refractivity contribution in [3.63, 3.8) is 0 Å². The van der Waals surface area contributed by atoms with Crippen molar-refractivity contribution in [2.24, 2.45) is 33.5 Å². The zero-order chi connectivity index (χ0) is 30.7. The number of β-amino-alcohol motifs (C(OH)–C–C–N with tert-alkyl or cyclic N) is 1. The Hall–Kier alpha value is -2.31. The molecule has 2 N–H and O–H groups in total. The van der Waals surface area contributed by atoms with Gasteiger partial charge in [-0.05, 0) is 85.5 Å². The zero-order valence-electron chi connectivity index (χ0n) is 25.8. The van der Waals surface area contributed by atoms with E-state index in [4.69, 9.17) is 11.6 Å². The number of aliphatic hydroxyl groups excluding tert-OH is 1. The van der Waals surface area contributed by atoms with Gasteiger partial charge in [-0.25, -0.2) is 4.39 Å². The summed E-state index contributed by atoms with van der Waals surface area (Å²) in [4.78, 5) is 17.0. The molecule has 3 saturated carbocycles. The zero-order valence-corrected chi connectivity index (χ0v) is 26.5. The minimum absolute atomic E-state index is 0.0771. The van der Waals surface area contributed by atoms with E-state index in [0.717, 1.165) is 50.8 Å². The Bertz CT molecular complexity index is 1580. The highest BCUT2D eigenvalue weighted by Crippen LogP contribution is 2.78. The number of carbonyl (C=O) groups excluding carboxylic acids is 1. The highest BCUT2D eigenvalue weighted by Gasteiger charge is 2.74. The Morgan fingerprint density at radius 3 is 2.36 bits per heavy atom. The first-order valence-corrected chi connectivity index (χ1v) is 16.9. The van der Waals surface area contributed by atoms with Gasteiger partial charge in [0.15, 0.2) is 5.78 Å². The van der Waals surface area contributed by atoms with Gasteiger partial charge in [-0.3, -0.25) is 9.69 Å². The molecule has 0 radical (unpaired) electrons. The van der Waals surface area contributed by atoms with E-state index < -0.39 is 28.4 Å². The van der Waals surface area contributed by atoms with E-state index in [1.54, 1.807) is 12.1 Å². The van der Waals surface area contributed by atoms with E-state index in [2.05, 4.69) is 61.2 Å². The van der Waals surface area contributed by atoms with Crippen molar-refractivity contribution in [3.05, 3.63) is 93.8 Å². The molecule has 0 saturated heterocycles. The van der Waals surface area contributed by atoms with Crippen LogP contribution in [-0.2, 0) is 24.3 Å². The average Bonchev–Trinajstić information content (AvgIpc) is 3.51. The molecule has 6 aliphatic carbocycles. The van der Waals surface area contributed by atoms with Crippen LogP contribution in [-0.4, -0.2) is 39.1 Å². The number of Topliss-reactive ketones (excluding diaryl/α,β-unsaturated/α-hetero) is 1. The topological polar surface area (TPSA) is 60.8 Å². The molecule has 2 bridgehead atoms. The molecule has 9 rings (SSSR count). The molecule has 3 fully saturated rings. The summed E-state index contributed by atoms with van der Waals surface area (Å²) in [5, 5.41) is 23.9. The summed E-state index contributed by atoms with van der Waals surface area (Å²) in [5.74, 6) is -0.247. The molecule has 0 aromatic heterocycles. The summed E-state index contributed by atoms with van der Waals surface area (Å²) in [6, 6.07) is 13.2. The van der Waals surface area contributed by atoms with Crippen molar-refractivity contribution >= 4 is 17.4 Å². The van der Waals surface area contributed by atoms with Crippen LogP contribution in [0.5, 0.6) is 0 Å². The second-order valence-corrected chi connectivity index (χ2v) is 15.9. The first-order chi connectivity index (χ1) is 20.9. The Balaban J connectivity index is 1.21. The van der Waals surface area contributed by atoms with Crippen molar-refractivity contribution in [1.29, 1.82) is 0 Å². The first kappa shape index (κ1) is 29.1. The number of allylic oxidation sites excluding steroid dienone is 4. The highest BCUT2D eigenvalue weighted by molar-refractivity contribution is 6.31. The number of nitrogens with zero attached hydrogens (tertiary/aromatic N) is 1. The lowest BCUT2D eigenvalue weighted by molar-refractivity contribution is -0.179. The van der Waals surface area contributed by atoms with Gasteiger partial charge >= 0.3 is 0 Å². The third kappa shape index (κ3) is 3.70. The van der Waals surface area contributed by atoms with Gasteiger partial charge in [0, 0.05) is 58.5 Å². The lowest BCUT2D eigenvalue weighted by Gasteiger charge is -2.71. The van der Waals surface area contributed by atoms with Gasteiger partial charge in [0.25, 0.3) is 0 Å². The summed E-state index contributed by atoms with van der Waals surface area (Å²) < 4.78 is 15.0. The molecule has 1 aliphatic heterocycles. The normalized spacial score (nSPS) is 42.0. The number of halogens is 2. The van der Waals surface area contributed by atoms with Gasteiger partial charge in [-0.15, -0.1) is 0 Å². The first-order valence-electron chi connectivity index (χ1n) is 16.5. The van der Waals surface area contributed by atoms with Crippen LogP contribution in [0.4, 0.5) is 4.39 Å². The van der Waals surface area contributed by atoms with Gasteiger partial charge in [-0.1, -0.05) is 74.0 Å². The van der Waals surface area contributed by atoms with Crippen molar-refractivity contribution in [2.75, 3.05) is 6.54 Å². The number of hydrogen-bond donors (Lipinski definition) is 2. The molecule has 2 spiro atoms. The molecule has 7 aliphatic rings. The van der Waals surface area contributed by atoms with Crippen LogP contribution in [0.1, 0.15) is 75.5 Å². The fourth-order valence-electron chi connectivity index (χ4n) is 11.5. The van der Waals surface area contributed by atoms with Gasteiger partial charge in [0.2, 0.25) is 0 Å². The van der Waals surface area contributed by atoms with Crippen LogP contribution < -0.4 is 0 Å². The summed E-state index contributed by atoms with van der Waals surface area (Å²) in [6.07, 6.45) is 12.0. The number of benzene rings is 2. The van der Waals surface area contributed by atoms with Crippen LogP contribution in [0.15, 0.2) is 66.3 Å². The molecule has 2 aromatic rings. The molecule has 6 heteroatoms. The molecule has 0 amide bonds. The van der Waals surface area contributed by atoms with Crippen LogP contribution in [0.3, 0.4) is 0 Å². The van der Waals surface area contributed by atoms with Crippen LogP contribution in [0.2, 0.25) is 5.02 Å². The maximum absolute atomic E-state index is 15.0. The molecule has 8 atom stereocenters. The largest absolute Gasteiger partial charge is 0.393 e. The Morgan fingerprint density at radius 1 is 0.955 bits per heavy atom. The van der Waals surface area contributed by atoms with E-state index >= 15 is 4.39 Å². The molecular weight excluding hydrogens is 573 g/mol. The summed E-state index contributed by atoms with van der Waals surface area (Å²) in [6.45, 7) is 6.99. The number of carbonyl (C=O) groups is 1. The van der Waals surface area contributed by atoms with E-state index in [9.17, 15) is 15.0 Å². The maximum atomic E-state index is 15.0. The fraction of sp³-hybridized carbons (Fsp3) is 0.553. The molecular formula is C38H43ClFNO3. The van der Waals surface area contributed by atoms with Crippen molar-refractivity contribution < 1.29 is 19.4 Å². The fourth-order valence-corrected chi connectivity index (χ4v) is 11.7. The van der Waals surface area contributed by atoms with Crippen molar-refractivity contribution in [2.45, 2.75) is 90.0 Å². The smallest absolute Gasteiger partial charge is 0.164 e. The predicted molar refractivity (Wildman–Crippen MR) is 169 cm³/mol. The van der Waals surface area contributed by atoms with E-state index in [1.165, 1.54) is 17.2 Å². The lowest BCUT2D eigenvalue weighted by Crippen LogP contribution is -2.67. The molecule has 4 nitrogen and oxygen atoms in total. The van der Waals surface area contributed by atoms with Gasteiger partial charge in [0.05, 0.1) is 11.7 Å². The molecule has 232 valence electrons. The number of rotatable bonds is 5. The monoisotopic (exact) mass is 615 g/mol. The predicted octanol–water partition coefficient (Wildman–Crippen LogP) is 7.20. The van der Waals surface area contributed by atoms with E-state index in [0.29, 0.717) is 19.4 Å². The highest BCUT2D eigenvalue weighted by atomic mass is 35.5. The summed E-state index contributed by atoms with van der Waals surface area (Å²) >= 11 is 6.44. The SMILES string of the molecule is C[C@]12CC[C@H]3[C@]4(C=C[C@@]5(C=C4C(=O)Cc4c(F)cccc4Cl)CC(O)CC[C@]35C)[C@@H]1CC[C@@]2(O)CN1Cc2ccccc2C1. The maximum Gasteiger partial charge on any atom is 0.164 e. The van der Waals surface area contributed by atoms with Crippen molar-refractivity contribution in [1.82, 2.24) is 4.90 Å². The standard InChI is InChI=1S/C38H43ClFNO3/c1-34-13-10-26(42)19-36(34)16-17-38(28(20-36)31(43)18-27-29(39)8-5-9-30(27)40)32(34)11-14-35(2)33(38)12-15-37(35,44)23-41-21-24-6-3-4-7-25(24)22-41/h3-9,16-17,20,26,32-33,42,44H,10-15,18-19,21-23H2,1-2H3/t26?,32-,33-,34-,35+,36+,37-,38-/m1/s1. The molecule has 1 unspecified atom stereocenters. The number of hydrogen-bond acceptors (Lipinski definition) is 4.